The van der Waals surface area contributed by atoms with Gasteiger partial charge in [-0.25, -0.2) is 9.97 Å². The number of hydrogen-bond donors (Lipinski definition) is 0. The lowest BCUT2D eigenvalue weighted by atomic mass is 10.3. The van der Waals surface area contributed by atoms with Crippen LogP contribution in [-0.4, -0.2) is 9.97 Å². The second-order valence-corrected chi connectivity index (χ2v) is 1.99. The molecule has 0 saturated heterocycles. The summed E-state index contributed by atoms with van der Waals surface area (Å²) < 4.78 is 0. The van der Waals surface area contributed by atoms with E-state index in [1.807, 2.05) is 19.3 Å². The SMILES string of the molecule is C.CCc1cnc(C)nc1. The third kappa shape index (κ3) is 2.13. The number of hydrogen-bond acceptors (Lipinski definition) is 2. The first-order valence-electron chi connectivity index (χ1n) is 3.10. The van der Waals surface area contributed by atoms with Crippen LogP contribution >= 0.6 is 0 Å². The van der Waals surface area contributed by atoms with E-state index in [0.29, 0.717) is 0 Å². The lowest BCUT2D eigenvalue weighted by Gasteiger charge is -1.92. The third-order valence-electron chi connectivity index (χ3n) is 1.24. The van der Waals surface area contributed by atoms with Gasteiger partial charge in [-0.15, -0.1) is 0 Å². The van der Waals surface area contributed by atoms with Crippen molar-refractivity contribution in [3.05, 3.63) is 23.8 Å². The molecule has 0 amide bonds. The molecular weight excluding hydrogens is 124 g/mol. The molecule has 0 saturated carbocycles. The fraction of sp³-hybridized carbons (Fsp3) is 0.500. The Labute approximate surface area is 62.3 Å². The van der Waals surface area contributed by atoms with Crippen molar-refractivity contribution in [2.75, 3.05) is 0 Å². The summed E-state index contributed by atoms with van der Waals surface area (Å²) in [5.41, 5.74) is 1.20. The maximum atomic E-state index is 4.04. The highest BCUT2D eigenvalue weighted by molar-refractivity contribution is 5.03. The van der Waals surface area contributed by atoms with E-state index in [-0.39, 0.29) is 7.43 Å². The van der Waals surface area contributed by atoms with E-state index in [1.165, 1.54) is 5.56 Å². The van der Waals surface area contributed by atoms with Gasteiger partial charge >= 0.3 is 0 Å². The van der Waals surface area contributed by atoms with E-state index in [1.54, 1.807) is 0 Å². The molecule has 0 unspecified atom stereocenters. The summed E-state index contributed by atoms with van der Waals surface area (Å²) in [4.78, 5) is 8.08. The predicted molar refractivity (Wildman–Crippen MR) is 42.9 cm³/mol. The normalized spacial score (nSPS) is 8.60. The largest absolute Gasteiger partial charge is 0.241 e. The quantitative estimate of drug-likeness (QED) is 0.593. The summed E-state index contributed by atoms with van der Waals surface area (Å²) in [7, 11) is 0. The molecule has 0 aliphatic rings. The molecule has 1 aromatic rings. The van der Waals surface area contributed by atoms with Gasteiger partial charge in [-0.1, -0.05) is 14.4 Å². The monoisotopic (exact) mass is 138 g/mol. The molecule has 56 valence electrons. The summed E-state index contributed by atoms with van der Waals surface area (Å²) in [5.74, 6) is 0.840. The van der Waals surface area contributed by atoms with Gasteiger partial charge in [-0.3, -0.25) is 0 Å². The van der Waals surface area contributed by atoms with E-state index in [4.69, 9.17) is 0 Å². The van der Waals surface area contributed by atoms with E-state index < -0.39 is 0 Å². The molecule has 0 aliphatic carbocycles. The average Bonchev–Trinajstić information content (AvgIpc) is 1.90. The maximum Gasteiger partial charge on any atom is 0.125 e. The van der Waals surface area contributed by atoms with Crippen molar-refractivity contribution in [3.63, 3.8) is 0 Å². The van der Waals surface area contributed by atoms with E-state index in [0.717, 1.165) is 12.2 Å². The van der Waals surface area contributed by atoms with Crippen LogP contribution in [0.1, 0.15) is 25.7 Å². The number of aryl methyl sites for hydroxylation is 2. The highest BCUT2D eigenvalue weighted by Crippen LogP contribution is 1.94. The van der Waals surface area contributed by atoms with Crippen LogP contribution in [0.4, 0.5) is 0 Å². The smallest absolute Gasteiger partial charge is 0.125 e. The Morgan fingerprint density at radius 2 is 1.80 bits per heavy atom. The van der Waals surface area contributed by atoms with Crippen LogP contribution in [0.3, 0.4) is 0 Å². The predicted octanol–water partition coefficient (Wildman–Crippen LogP) is 1.98. The highest BCUT2D eigenvalue weighted by atomic mass is 14.8. The minimum Gasteiger partial charge on any atom is -0.241 e. The molecule has 1 rings (SSSR count). The summed E-state index contributed by atoms with van der Waals surface area (Å²) in [6.07, 6.45) is 4.74. The average molecular weight is 138 g/mol. The van der Waals surface area contributed by atoms with Gasteiger partial charge in [0.1, 0.15) is 5.82 Å². The maximum absolute atomic E-state index is 4.04. The molecule has 0 spiro atoms. The van der Waals surface area contributed by atoms with Crippen LogP contribution in [0.5, 0.6) is 0 Å². The zero-order valence-corrected chi connectivity index (χ0v) is 5.76. The van der Waals surface area contributed by atoms with Gasteiger partial charge in [0, 0.05) is 12.4 Å². The molecule has 0 aromatic carbocycles. The molecule has 2 heteroatoms. The van der Waals surface area contributed by atoms with Crippen LogP contribution in [0.25, 0.3) is 0 Å². The molecule has 0 atom stereocenters. The summed E-state index contributed by atoms with van der Waals surface area (Å²) >= 11 is 0. The van der Waals surface area contributed by atoms with Gasteiger partial charge in [-0.05, 0) is 18.9 Å². The summed E-state index contributed by atoms with van der Waals surface area (Å²) in [5, 5.41) is 0. The van der Waals surface area contributed by atoms with Crippen LogP contribution in [0.2, 0.25) is 0 Å². The number of nitrogens with zero attached hydrogens (tertiary/aromatic N) is 2. The molecule has 0 N–H and O–H groups in total. The molecule has 1 heterocycles. The Morgan fingerprint density at radius 1 is 1.30 bits per heavy atom. The van der Waals surface area contributed by atoms with Crippen LogP contribution in [0.15, 0.2) is 12.4 Å². The molecule has 0 aliphatic heterocycles. The Bertz CT molecular complexity index is 179. The topological polar surface area (TPSA) is 25.8 Å². The minimum absolute atomic E-state index is 0. The Morgan fingerprint density at radius 3 is 2.20 bits per heavy atom. The first-order chi connectivity index (χ1) is 4.33. The van der Waals surface area contributed by atoms with Crippen LogP contribution < -0.4 is 0 Å². The van der Waals surface area contributed by atoms with Gasteiger partial charge in [0.05, 0.1) is 0 Å². The van der Waals surface area contributed by atoms with Crippen molar-refractivity contribution < 1.29 is 0 Å². The minimum atomic E-state index is 0. The standard InChI is InChI=1S/C7H10N2.CH4/c1-3-7-4-8-6(2)9-5-7;/h4-5H,3H2,1-2H3;1H4. The zero-order chi connectivity index (χ0) is 6.69. The van der Waals surface area contributed by atoms with E-state index >= 15 is 0 Å². The molecule has 0 bridgehead atoms. The van der Waals surface area contributed by atoms with Crippen LogP contribution in [-0.2, 0) is 6.42 Å². The highest BCUT2D eigenvalue weighted by Gasteiger charge is 1.87. The van der Waals surface area contributed by atoms with Gasteiger partial charge < -0.3 is 0 Å². The summed E-state index contributed by atoms with van der Waals surface area (Å²) in [6, 6.07) is 0. The van der Waals surface area contributed by atoms with Crippen molar-refractivity contribution in [2.24, 2.45) is 0 Å². The lowest BCUT2D eigenvalue weighted by molar-refractivity contribution is 0.989. The summed E-state index contributed by atoms with van der Waals surface area (Å²) in [6.45, 7) is 3.98. The Hall–Kier alpha value is -0.920. The van der Waals surface area contributed by atoms with Crippen molar-refractivity contribution >= 4 is 0 Å². The number of rotatable bonds is 1. The van der Waals surface area contributed by atoms with Crippen molar-refractivity contribution in [2.45, 2.75) is 27.7 Å². The van der Waals surface area contributed by atoms with E-state index in [9.17, 15) is 0 Å². The fourth-order valence-electron chi connectivity index (χ4n) is 0.602. The second kappa shape index (κ2) is 3.99. The zero-order valence-electron chi connectivity index (χ0n) is 5.76. The second-order valence-electron chi connectivity index (χ2n) is 1.99. The van der Waals surface area contributed by atoms with Crippen molar-refractivity contribution in [3.8, 4) is 0 Å². The van der Waals surface area contributed by atoms with Gasteiger partial charge in [0.2, 0.25) is 0 Å². The van der Waals surface area contributed by atoms with Gasteiger partial charge in [-0.2, -0.15) is 0 Å². The van der Waals surface area contributed by atoms with Gasteiger partial charge in [0.15, 0.2) is 0 Å². The van der Waals surface area contributed by atoms with Crippen LogP contribution in [0, 0.1) is 6.92 Å². The van der Waals surface area contributed by atoms with E-state index in [2.05, 4.69) is 16.9 Å². The molecular formula is C8H14N2. The number of aromatic nitrogens is 2. The molecule has 0 radical (unpaired) electrons. The first-order valence-corrected chi connectivity index (χ1v) is 3.10. The van der Waals surface area contributed by atoms with Gasteiger partial charge in [0.25, 0.3) is 0 Å². The molecule has 0 fully saturated rings. The third-order valence-corrected chi connectivity index (χ3v) is 1.24. The Kier molecular flexibility index (Phi) is 3.62. The van der Waals surface area contributed by atoms with Crippen molar-refractivity contribution in [1.82, 2.24) is 9.97 Å². The molecule has 2 nitrogen and oxygen atoms in total. The fourth-order valence-corrected chi connectivity index (χ4v) is 0.602. The van der Waals surface area contributed by atoms with Crippen molar-refractivity contribution in [1.29, 1.82) is 0 Å². The molecule has 10 heavy (non-hydrogen) atoms. The first kappa shape index (κ1) is 9.08. The Balaban J connectivity index is 0.000000810. The lowest BCUT2D eigenvalue weighted by Crippen LogP contribution is -1.88. The molecule has 1 aromatic heterocycles.